The second kappa shape index (κ2) is 6.77. The fraction of sp³-hybridized carbons (Fsp3) is 0.136. The molecule has 140 valence electrons. The molecule has 2 aromatic heterocycles. The number of fused-ring (bicyclic) bond motifs is 3. The number of aromatic nitrogens is 1. The summed E-state index contributed by atoms with van der Waals surface area (Å²) in [7, 11) is 0. The predicted octanol–water partition coefficient (Wildman–Crippen LogP) is 5.05. The molecule has 0 aliphatic rings. The highest BCUT2D eigenvalue weighted by Gasteiger charge is 2.18. The first-order valence-electron chi connectivity index (χ1n) is 8.75. The highest BCUT2D eigenvalue weighted by atomic mass is 35.5. The molecule has 0 spiro atoms. The summed E-state index contributed by atoms with van der Waals surface area (Å²) in [6, 6.07) is 11.3. The van der Waals surface area contributed by atoms with Crippen molar-refractivity contribution in [2.24, 2.45) is 0 Å². The van der Waals surface area contributed by atoms with Crippen molar-refractivity contribution < 1.29 is 14.3 Å². The number of hydrogen-bond acceptors (Lipinski definition) is 5. The van der Waals surface area contributed by atoms with Crippen molar-refractivity contribution in [1.29, 1.82) is 0 Å². The summed E-state index contributed by atoms with van der Waals surface area (Å²) in [6.45, 7) is 4.00. The molecule has 4 rings (SSSR count). The lowest BCUT2D eigenvalue weighted by atomic mass is 9.96. The summed E-state index contributed by atoms with van der Waals surface area (Å²) in [6.07, 6.45) is 1.39. The van der Waals surface area contributed by atoms with E-state index >= 15 is 0 Å². The van der Waals surface area contributed by atoms with E-state index < -0.39 is 11.4 Å². The van der Waals surface area contributed by atoms with Crippen LogP contribution in [0.4, 0.5) is 0 Å². The van der Waals surface area contributed by atoms with Gasteiger partial charge in [-0.3, -0.25) is 9.78 Å². The largest absolute Gasteiger partial charge is 0.507 e. The molecule has 1 N–H and O–H groups in total. The Hall–Kier alpha value is -3.18. The summed E-state index contributed by atoms with van der Waals surface area (Å²) >= 11 is 6.05. The number of phenols is 1. The maximum atomic E-state index is 13.0. The van der Waals surface area contributed by atoms with Crippen LogP contribution in [-0.2, 0) is 0 Å². The third-order valence-electron chi connectivity index (χ3n) is 4.70. The van der Waals surface area contributed by atoms with Crippen LogP contribution in [0.2, 0.25) is 5.02 Å². The van der Waals surface area contributed by atoms with Gasteiger partial charge in [-0.15, -0.1) is 0 Å². The first kappa shape index (κ1) is 18.2. The van der Waals surface area contributed by atoms with Crippen molar-refractivity contribution in [3.05, 3.63) is 80.8 Å². The van der Waals surface area contributed by atoms with Gasteiger partial charge < -0.3 is 9.52 Å². The van der Waals surface area contributed by atoms with Crippen LogP contribution in [-0.4, -0.2) is 15.9 Å². The topological polar surface area (TPSA) is 80.4 Å². The van der Waals surface area contributed by atoms with Crippen molar-refractivity contribution >= 4 is 39.3 Å². The number of carbonyl (C=O) groups excluding carboxylic acids is 1. The first-order chi connectivity index (χ1) is 13.3. The van der Waals surface area contributed by atoms with Crippen LogP contribution in [0, 0.1) is 0 Å². The van der Waals surface area contributed by atoms with E-state index in [-0.39, 0.29) is 28.2 Å². The van der Waals surface area contributed by atoms with E-state index in [9.17, 15) is 14.7 Å². The molecule has 0 aliphatic heterocycles. The molecule has 6 heteroatoms. The fourth-order valence-corrected chi connectivity index (χ4v) is 3.31. The smallest absolute Gasteiger partial charge is 0.345 e. The molecule has 4 aromatic rings. The average molecular weight is 394 g/mol. The highest BCUT2D eigenvalue weighted by molar-refractivity contribution is 6.31. The van der Waals surface area contributed by atoms with Crippen molar-refractivity contribution in [2.45, 2.75) is 19.8 Å². The predicted molar refractivity (Wildman–Crippen MR) is 108 cm³/mol. The Labute approximate surface area is 165 Å². The van der Waals surface area contributed by atoms with Crippen molar-refractivity contribution in [1.82, 2.24) is 4.98 Å². The van der Waals surface area contributed by atoms with Crippen LogP contribution < -0.4 is 5.63 Å². The molecule has 0 radical (unpaired) electrons. The van der Waals surface area contributed by atoms with Crippen molar-refractivity contribution in [3.8, 4) is 5.75 Å². The van der Waals surface area contributed by atoms with Gasteiger partial charge in [0.1, 0.15) is 11.3 Å². The molecule has 0 aliphatic carbocycles. The Morgan fingerprint density at radius 2 is 1.89 bits per heavy atom. The standard InChI is InChI=1S/C22H16ClNO4/c1-11(2)12-3-5-18(25)15(7-12)21(26)13-8-17-20(24-10-13)16-9-14(23)4-6-19(16)28-22(17)27/h3-11,25H,1-2H3. The molecule has 28 heavy (non-hydrogen) atoms. The van der Waals surface area contributed by atoms with Crippen LogP contribution in [0.1, 0.15) is 41.3 Å². The number of nitrogens with zero attached hydrogens (tertiary/aromatic N) is 1. The fourth-order valence-electron chi connectivity index (χ4n) is 3.14. The number of rotatable bonds is 3. The lowest BCUT2D eigenvalue weighted by Crippen LogP contribution is -2.07. The quantitative estimate of drug-likeness (QED) is 0.299. The van der Waals surface area contributed by atoms with Crippen LogP contribution in [0.15, 0.2) is 57.9 Å². The van der Waals surface area contributed by atoms with Crippen molar-refractivity contribution in [3.63, 3.8) is 0 Å². The summed E-state index contributed by atoms with van der Waals surface area (Å²) in [5.74, 6) is -0.336. The number of carbonyl (C=O) groups is 1. The average Bonchev–Trinajstić information content (AvgIpc) is 2.68. The molecule has 0 unspecified atom stereocenters. The van der Waals surface area contributed by atoms with Crippen LogP contribution >= 0.6 is 11.6 Å². The molecule has 0 atom stereocenters. The number of aromatic hydroxyl groups is 1. The van der Waals surface area contributed by atoms with E-state index in [4.69, 9.17) is 16.0 Å². The molecule has 0 fully saturated rings. The zero-order valence-corrected chi connectivity index (χ0v) is 15.9. The monoisotopic (exact) mass is 393 g/mol. The molecular formula is C22H16ClNO4. The van der Waals surface area contributed by atoms with Gasteiger partial charge in [-0.1, -0.05) is 31.5 Å². The summed E-state index contributed by atoms with van der Waals surface area (Å²) in [4.78, 5) is 29.7. The van der Waals surface area contributed by atoms with Gasteiger partial charge >= 0.3 is 5.63 Å². The molecule has 0 amide bonds. The second-order valence-electron chi connectivity index (χ2n) is 6.91. The zero-order chi connectivity index (χ0) is 20.0. The number of halogens is 1. The Bertz CT molecular complexity index is 1310. The Morgan fingerprint density at radius 3 is 2.64 bits per heavy atom. The summed E-state index contributed by atoms with van der Waals surface area (Å²) < 4.78 is 5.33. The number of phenolic OH excluding ortho intramolecular Hbond substituents is 1. The van der Waals surface area contributed by atoms with Crippen LogP contribution in [0.3, 0.4) is 0 Å². The Morgan fingerprint density at radius 1 is 1.11 bits per heavy atom. The van der Waals surface area contributed by atoms with Crippen LogP contribution in [0.5, 0.6) is 5.75 Å². The van der Waals surface area contributed by atoms with E-state index in [1.165, 1.54) is 18.3 Å². The molecular weight excluding hydrogens is 378 g/mol. The van der Waals surface area contributed by atoms with Gasteiger partial charge in [0.25, 0.3) is 0 Å². The van der Waals surface area contributed by atoms with Gasteiger partial charge in [0.2, 0.25) is 0 Å². The molecule has 0 saturated carbocycles. The maximum Gasteiger partial charge on any atom is 0.345 e. The van der Waals surface area contributed by atoms with Gasteiger partial charge in [0, 0.05) is 22.2 Å². The third-order valence-corrected chi connectivity index (χ3v) is 4.94. The number of ketones is 1. The van der Waals surface area contributed by atoms with Gasteiger partial charge in [-0.25, -0.2) is 4.79 Å². The van der Waals surface area contributed by atoms with E-state index in [2.05, 4.69) is 4.98 Å². The molecule has 2 aromatic carbocycles. The minimum Gasteiger partial charge on any atom is -0.507 e. The molecule has 0 bridgehead atoms. The van der Waals surface area contributed by atoms with Crippen LogP contribution in [0.25, 0.3) is 21.9 Å². The van der Waals surface area contributed by atoms with Gasteiger partial charge in [0.15, 0.2) is 5.78 Å². The lowest BCUT2D eigenvalue weighted by molar-refractivity contribution is 0.103. The van der Waals surface area contributed by atoms with Gasteiger partial charge in [-0.2, -0.15) is 0 Å². The van der Waals surface area contributed by atoms with Gasteiger partial charge in [-0.05, 0) is 47.9 Å². The molecule has 0 saturated heterocycles. The number of pyridine rings is 1. The second-order valence-corrected chi connectivity index (χ2v) is 7.35. The summed E-state index contributed by atoms with van der Waals surface area (Å²) in [5, 5.41) is 11.4. The minimum absolute atomic E-state index is 0.119. The van der Waals surface area contributed by atoms with E-state index in [1.54, 1.807) is 30.3 Å². The molecule has 2 heterocycles. The third kappa shape index (κ3) is 3.04. The summed E-state index contributed by atoms with van der Waals surface area (Å²) in [5.41, 5.74) is 1.47. The van der Waals surface area contributed by atoms with E-state index in [0.29, 0.717) is 21.5 Å². The number of hydrogen-bond donors (Lipinski definition) is 1. The maximum absolute atomic E-state index is 13.0. The highest BCUT2D eigenvalue weighted by Crippen LogP contribution is 2.28. The number of benzene rings is 2. The SMILES string of the molecule is CC(C)c1ccc(O)c(C(=O)c2cnc3c(c2)c(=O)oc2ccc(Cl)cc23)c1. The first-order valence-corrected chi connectivity index (χ1v) is 9.12. The minimum atomic E-state index is -0.591. The van der Waals surface area contributed by atoms with E-state index in [0.717, 1.165) is 5.56 Å². The normalized spacial score (nSPS) is 11.4. The zero-order valence-electron chi connectivity index (χ0n) is 15.2. The van der Waals surface area contributed by atoms with Gasteiger partial charge in [0.05, 0.1) is 16.5 Å². The van der Waals surface area contributed by atoms with Crippen molar-refractivity contribution in [2.75, 3.05) is 0 Å². The Balaban J connectivity index is 1.90. The lowest BCUT2D eigenvalue weighted by Gasteiger charge is -2.10. The van der Waals surface area contributed by atoms with E-state index in [1.807, 2.05) is 13.8 Å². The molecule has 5 nitrogen and oxygen atoms in total. The Kier molecular flexibility index (Phi) is 4.40.